The quantitative estimate of drug-likeness (QED) is 0.748. The van der Waals surface area contributed by atoms with E-state index in [-0.39, 0.29) is 6.61 Å². The molecule has 2 atom stereocenters. The molecule has 0 radical (unpaired) electrons. The first-order chi connectivity index (χ1) is 8.65. The van der Waals surface area contributed by atoms with Gasteiger partial charge in [-0.1, -0.05) is 12.1 Å². The number of likely N-dealkylation sites (N-methyl/N-ethyl adjacent to an activating group) is 1. The molecule has 2 rings (SSSR count). The van der Waals surface area contributed by atoms with Gasteiger partial charge in [-0.3, -0.25) is 0 Å². The molecule has 1 aromatic heterocycles. The molecule has 0 unspecified atom stereocenters. The summed E-state index contributed by atoms with van der Waals surface area (Å²) < 4.78 is 18.5. The van der Waals surface area contributed by atoms with Gasteiger partial charge in [-0.15, -0.1) is 0 Å². The zero-order valence-corrected chi connectivity index (χ0v) is 10.1. The third-order valence-corrected chi connectivity index (χ3v) is 3.27. The van der Waals surface area contributed by atoms with Gasteiger partial charge in [0.15, 0.2) is 0 Å². The molecule has 0 spiro atoms. The van der Waals surface area contributed by atoms with E-state index in [1.807, 2.05) is 0 Å². The van der Waals surface area contributed by atoms with E-state index in [1.54, 1.807) is 31.3 Å². The lowest BCUT2D eigenvalue weighted by molar-refractivity contribution is -0.0386. The molecule has 0 saturated carbocycles. The van der Waals surface area contributed by atoms with E-state index in [0.29, 0.717) is 11.1 Å². The van der Waals surface area contributed by atoms with E-state index in [9.17, 15) is 14.6 Å². The Bertz CT molecular complexity index is 524. The second-order valence-electron chi connectivity index (χ2n) is 4.25. The number of aliphatic hydroxyl groups is 2. The summed E-state index contributed by atoms with van der Waals surface area (Å²) in [6.07, 6.45) is 1.53. The molecule has 98 valence electrons. The zero-order valence-electron chi connectivity index (χ0n) is 10.1. The van der Waals surface area contributed by atoms with E-state index in [0.717, 1.165) is 5.39 Å². The lowest BCUT2D eigenvalue weighted by Gasteiger charge is -2.33. The molecule has 0 amide bonds. The minimum atomic E-state index is -1.77. The summed E-state index contributed by atoms with van der Waals surface area (Å²) in [5.74, 6) is 0. The number of rotatable bonds is 5. The van der Waals surface area contributed by atoms with Crippen LogP contribution < -0.4 is 5.32 Å². The molecule has 0 saturated heterocycles. The molecule has 1 heterocycles. The first kappa shape index (κ1) is 13.0. The molecule has 5 heteroatoms. The van der Waals surface area contributed by atoms with Gasteiger partial charge in [0.1, 0.15) is 17.9 Å². The molecular formula is C13H16FNO3. The second kappa shape index (κ2) is 5.06. The Morgan fingerprint density at radius 1 is 1.44 bits per heavy atom. The van der Waals surface area contributed by atoms with Crippen LogP contribution in [0.5, 0.6) is 0 Å². The fourth-order valence-corrected chi connectivity index (χ4v) is 2.08. The van der Waals surface area contributed by atoms with Gasteiger partial charge in [-0.25, -0.2) is 4.39 Å². The summed E-state index contributed by atoms with van der Waals surface area (Å²) in [5.41, 5.74) is -0.821. The van der Waals surface area contributed by atoms with Crippen LogP contribution in [0.3, 0.4) is 0 Å². The topological polar surface area (TPSA) is 65.6 Å². The predicted molar refractivity (Wildman–Crippen MR) is 66.0 cm³/mol. The third-order valence-electron chi connectivity index (χ3n) is 3.27. The molecule has 0 aliphatic heterocycles. The molecule has 0 aliphatic rings. The summed E-state index contributed by atoms with van der Waals surface area (Å²) in [6, 6.07) is 5.98. The number of hydrogen-bond donors (Lipinski definition) is 3. The van der Waals surface area contributed by atoms with Gasteiger partial charge in [0, 0.05) is 5.39 Å². The van der Waals surface area contributed by atoms with Crippen molar-refractivity contribution in [2.45, 2.75) is 11.6 Å². The van der Waals surface area contributed by atoms with Crippen molar-refractivity contribution in [2.24, 2.45) is 0 Å². The first-order valence-corrected chi connectivity index (χ1v) is 5.70. The second-order valence-corrected chi connectivity index (χ2v) is 4.25. The standard InChI is InChI=1S/C13H16FNO3/c1-15-12(7-16)13(17,8-14)10-3-2-9-4-5-18-11(9)6-10/h2-6,12,15-17H,7-8H2,1H3/t12-,13-/m0/s1. The Labute approximate surface area is 104 Å². The van der Waals surface area contributed by atoms with Crippen molar-refractivity contribution in [2.75, 3.05) is 20.3 Å². The van der Waals surface area contributed by atoms with Crippen molar-refractivity contribution in [1.29, 1.82) is 0 Å². The van der Waals surface area contributed by atoms with Crippen molar-refractivity contribution in [3.05, 3.63) is 36.1 Å². The number of fused-ring (bicyclic) bond motifs is 1. The Morgan fingerprint density at radius 3 is 2.83 bits per heavy atom. The molecule has 18 heavy (non-hydrogen) atoms. The first-order valence-electron chi connectivity index (χ1n) is 5.70. The average Bonchev–Trinajstić information content (AvgIpc) is 2.86. The molecule has 1 aromatic carbocycles. The van der Waals surface area contributed by atoms with Crippen LogP contribution in [0.1, 0.15) is 5.56 Å². The maximum atomic E-state index is 13.2. The minimum absolute atomic E-state index is 0.368. The highest BCUT2D eigenvalue weighted by Gasteiger charge is 2.38. The van der Waals surface area contributed by atoms with Gasteiger partial charge in [0.2, 0.25) is 0 Å². The molecule has 2 aromatic rings. The van der Waals surface area contributed by atoms with E-state index >= 15 is 0 Å². The minimum Gasteiger partial charge on any atom is -0.464 e. The molecule has 0 fully saturated rings. The fraction of sp³-hybridized carbons (Fsp3) is 0.385. The van der Waals surface area contributed by atoms with Gasteiger partial charge >= 0.3 is 0 Å². The maximum Gasteiger partial charge on any atom is 0.135 e. The predicted octanol–water partition coefficient (Wildman–Crippen LogP) is 1.17. The fourth-order valence-electron chi connectivity index (χ4n) is 2.08. The van der Waals surface area contributed by atoms with Crippen LogP contribution in [0, 0.1) is 0 Å². The van der Waals surface area contributed by atoms with Crippen LogP contribution in [0.15, 0.2) is 34.9 Å². The van der Waals surface area contributed by atoms with E-state index in [4.69, 9.17) is 4.42 Å². The number of halogens is 1. The van der Waals surface area contributed by atoms with Crippen LogP contribution in [0.25, 0.3) is 11.0 Å². The number of nitrogens with one attached hydrogen (secondary N) is 1. The summed E-state index contributed by atoms with van der Waals surface area (Å²) in [7, 11) is 1.56. The number of alkyl halides is 1. The summed E-state index contributed by atoms with van der Waals surface area (Å²) in [4.78, 5) is 0. The summed E-state index contributed by atoms with van der Waals surface area (Å²) in [5, 5.41) is 23.2. The average molecular weight is 253 g/mol. The normalized spacial score (nSPS) is 16.7. The van der Waals surface area contributed by atoms with E-state index in [2.05, 4.69) is 5.32 Å². The molecule has 3 N–H and O–H groups in total. The molecular weight excluding hydrogens is 237 g/mol. The SMILES string of the molecule is CN[C@@H](CO)[C@](O)(CF)c1ccc2ccoc2c1. The van der Waals surface area contributed by atoms with E-state index in [1.165, 1.54) is 6.26 Å². The Kier molecular flexibility index (Phi) is 3.65. The molecule has 0 bridgehead atoms. The van der Waals surface area contributed by atoms with E-state index < -0.39 is 18.3 Å². The van der Waals surface area contributed by atoms with Gasteiger partial charge in [0.25, 0.3) is 0 Å². The van der Waals surface area contributed by atoms with Gasteiger partial charge in [0.05, 0.1) is 18.9 Å². The molecule has 0 aliphatic carbocycles. The highest BCUT2D eigenvalue weighted by molar-refractivity contribution is 5.77. The zero-order chi connectivity index (χ0) is 13.2. The highest BCUT2D eigenvalue weighted by atomic mass is 19.1. The maximum absolute atomic E-state index is 13.2. The van der Waals surface area contributed by atoms with Gasteiger partial charge < -0.3 is 19.9 Å². The molecule has 4 nitrogen and oxygen atoms in total. The summed E-state index contributed by atoms with van der Waals surface area (Å²) >= 11 is 0. The van der Waals surface area contributed by atoms with Gasteiger partial charge in [-0.2, -0.15) is 0 Å². The largest absolute Gasteiger partial charge is 0.464 e. The van der Waals surface area contributed by atoms with Crippen molar-refractivity contribution in [3.63, 3.8) is 0 Å². The number of benzene rings is 1. The van der Waals surface area contributed by atoms with Crippen LogP contribution in [-0.4, -0.2) is 36.6 Å². The van der Waals surface area contributed by atoms with Gasteiger partial charge in [-0.05, 0) is 24.7 Å². The van der Waals surface area contributed by atoms with Crippen molar-refractivity contribution < 1.29 is 19.0 Å². The van der Waals surface area contributed by atoms with Crippen LogP contribution >= 0.6 is 0 Å². The van der Waals surface area contributed by atoms with Crippen molar-refractivity contribution in [1.82, 2.24) is 5.32 Å². The smallest absolute Gasteiger partial charge is 0.135 e. The number of hydrogen-bond acceptors (Lipinski definition) is 4. The lowest BCUT2D eigenvalue weighted by atomic mass is 9.87. The Hall–Kier alpha value is -1.43. The van der Waals surface area contributed by atoms with Crippen LogP contribution in [-0.2, 0) is 5.60 Å². The lowest BCUT2D eigenvalue weighted by Crippen LogP contribution is -2.51. The summed E-state index contributed by atoms with van der Waals surface area (Å²) in [6.45, 7) is -1.36. The van der Waals surface area contributed by atoms with Crippen LogP contribution in [0.2, 0.25) is 0 Å². The highest BCUT2D eigenvalue weighted by Crippen LogP contribution is 2.29. The number of furan rings is 1. The third kappa shape index (κ3) is 2.01. The Morgan fingerprint density at radius 2 is 2.22 bits per heavy atom. The Balaban J connectivity index is 2.47. The number of aliphatic hydroxyl groups excluding tert-OH is 1. The van der Waals surface area contributed by atoms with Crippen molar-refractivity contribution >= 4 is 11.0 Å². The van der Waals surface area contributed by atoms with Crippen LogP contribution in [0.4, 0.5) is 4.39 Å². The van der Waals surface area contributed by atoms with Crippen molar-refractivity contribution in [3.8, 4) is 0 Å². The monoisotopic (exact) mass is 253 g/mol.